The summed E-state index contributed by atoms with van der Waals surface area (Å²) in [4.78, 5) is 22.5. The molecule has 6 heteroatoms. The van der Waals surface area contributed by atoms with Crippen LogP contribution in [-0.4, -0.2) is 4.92 Å². The van der Waals surface area contributed by atoms with Crippen LogP contribution in [0.3, 0.4) is 0 Å². The van der Waals surface area contributed by atoms with E-state index in [4.69, 9.17) is 4.42 Å². The molecule has 2 heterocycles. The molecule has 0 N–H and O–H groups in total. The molecule has 0 amide bonds. The van der Waals surface area contributed by atoms with E-state index in [1.807, 2.05) is 35.2 Å². The molecule has 0 fully saturated rings. The fourth-order valence-electron chi connectivity index (χ4n) is 4.30. The second-order valence-corrected chi connectivity index (χ2v) is 8.04. The number of fused-ring (bicyclic) bond motifs is 2. The van der Waals surface area contributed by atoms with Gasteiger partial charge in [0.25, 0.3) is 5.69 Å². The van der Waals surface area contributed by atoms with Crippen LogP contribution in [0.1, 0.15) is 34.2 Å². The number of aromatic nitrogens is 1. The lowest BCUT2D eigenvalue weighted by Crippen LogP contribution is -2.33. The summed E-state index contributed by atoms with van der Waals surface area (Å²) in [7, 11) is 0. The predicted octanol–water partition coefficient (Wildman–Crippen LogP) is 4.12. The first-order valence-electron chi connectivity index (χ1n) is 10.3. The number of pyridine rings is 1. The number of nitro groups is 1. The maximum Gasteiger partial charge on any atom is 0.336 e. The fraction of sp³-hybridized carbons (Fsp3) is 0.200. The van der Waals surface area contributed by atoms with Crippen LogP contribution in [0.5, 0.6) is 0 Å². The molecule has 2 aromatic carbocycles. The highest BCUT2D eigenvalue weighted by atomic mass is 16.6. The summed E-state index contributed by atoms with van der Waals surface area (Å²) in [6, 6.07) is 16.5. The molecule has 0 aliphatic heterocycles. The maximum absolute atomic E-state index is 12.1. The Morgan fingerprint density at radius 2 is 1.61 bits per heavy atom. The number of rotatable bonds is 5. The minimum atomic E-state index is -0.392. The molecular weight excluding hydrogens is 392 g/mol. The monoisotopic (exact) mass is 413 g/mol. The Morgan fingerprint density at radius 1 is 0.935 bits per heavy atom. The summed E-state index contributed by atoms with van der Waals surface area (Å²) in [6.45, 7) is 0.582. The SMILES string of the molecule is O=c1cc(C[n+]2ccc(Cc3ccc([N+](=O)[O-])cc3)cc2)c2cc3c(cc2o1)CCC3. The second kappa shape index (κ2) is 7.80. The third kappa shape index (κ3) is 3.97. The maximum atomic E-state index is 12.1. The summed E-state index contributed by atoms with van der Waals surface area (Å²) >= 11 is 0. The van der Waals surface area contributed by atoms with Gasteiger partial charge < -0.3 is 4.42 Å². The fourth-order valence-corrected chi connectivity index (χ4v) is 4.30. The smallest absolute Gasteiger partial charge is 0.336 e. The van der Waals surface area contributed by atoms with E-state index in [-0.39, 0.29) is 11.3 Å². The number of nitro benzene ring substituents is 1. The molecule has 154 valence electrons. The third-order valence-electron chi connectivity index (χ3n) is 5.91. The lowest BCUT2D eigenvalue weighted by molar-refractivity contribution is -0.688. The minimum Gasteiger partial charge on any atom is -0.423 e. The Balaban J connectivity index is 1.38. The molecule has 31 heavy (non-hydrogen) atoms. The zero-order valence-corrected chi connectivity index (χ0v) is 16.9. The van der Waals surface area contributed by atoms with Gasteiger partial charge in [0, 0.05) is 41.3 Å². The van der Waals surface area contributed by atoms with Gasteiger partial charge in [0.1, 0.15) is 5.58 Å². The number of nitrogens with zero attached hydrogens (tertiary/aromatic N) is 2. The Labute approximate surface area is 178 Å². The standard InChI is InChI=1S/C25H21N2O4/c28-25-15-21(23-13-19-2-1-3-20(19)14-24(23)31-25)16-26-10-8-18(9-11-26)12-17-4-6-22(7-5-17)27(29)30/h4-11,13-15H,1-3,12,16H2/q+1. The van der Waals surface area contributed by atoms with Gasteiger partial charge in [-0.25, -0.2) is 9.36 Å². The summed E-state index contributed by atoms with van der Waals surface area (Å²) in [5.41, 5.74) is 6.16. The quantitative estimate of drug-likeness (QED) is 0.213. The average Bonchev–Trinajstić information content (AvgIpc) is 3.21. The van der Waals surface area contributed by atoms with Crippen LogP contribution in [0, 0.1) is 10.1 Å². The highest BCUT2D eigenvalue weighted by Gasteiger charge is 2.17. The second-order valence-electron chi connectivity index (χ2n) is 8.04. The number of hydrogen-bond donors (Lipinski definition) is 0. The molecule has 0 atom stereocenters. The molecule has 0 unspecified atom stereocenters. The van der Waals surface area contributed by atoms with Crippen molar-refractivity contribution >= 4 is 16.7 Å². The van der Waals surface area contributed by atoms with Crippen molar-refractivity contribution in [2.75, 3.05) is 0 Å². The predicted molar refractivity (Wildman–Crippen MR) is 116 cm³/mol. The number of non-ortho nitro benzene ring substituents is 1. The number of hydrogen-bond acceptors (Lipinski definition) is 4. The molecule has 1 aliphatic carbocycles. The first-order valence-corrected chi connectivity index (χ1v) is 10.3. The summed E-state index contributed by atoms with van der Waals surface area (Å²) < 4.78 is 7.51. The van der Waals surface area contributed by atoms with E-state index in [9.17, 15) is 14.9 Å². The van der Waals surface area contributed by atoms with Crippen LogP contribution in [0.2, 0.25) is 0 Å². The van der Waals surface area contributed by atoms with E-state index < -0.39 is 4.92 Å². The van der Waals surface area contributed by atoms with Gasteiger partial charge in [-0.15, -0.1) is 0 Å². The summed E-state index contributed by atoms with van der Waals surface area (Å²) in [5.74, 6) is 0. The van der Waals surface area contributed by atoms with Crippen molar-refractivity contribution in [1.29, 1.82) is 0 Å². The minimum absolute atomic E-state index is 0.0971. The Bertz CT molecular complexity index is 1340. The van der Waals surface area contributed by atoms with E-state index in [0.29, 0.717) is 18.5 Å². The molecule has 0 saturated carbocycles. The zero-order chi connectivity index (χ0) is 21.4. The van der Waals surface area contributed by atoms with Crippen molar-refractivity contribution in [3.8, 4) is 0 Å². The number of aryl methyl sites for hydroxylation is 2. The lowest BCUT2D eigenvalue weighted by Gasteiger charge is -2.07. The van der Waals surface area contributed by atoms with E-state index in [2.05, 4.69) is 6.07 Å². The van der Waals surface area contributed by atoms with E-state index in [1.165, 1.54) is 23.3 Å². The molecule has 4 aromatic rings. The topological polar surface area (TPSA) is 77.2 Å². The van der Waals surface area contributed by atoms with Crippen LogP contribution in [0.25, 0.3) is 11.0 Å². The van der Waals surface area contributed by atoms with Crippen LogP contribution >= 0.6 is 0 Å². The van der Waals surface area contributed by atoms with Crippen molar-refractivity contribution < 1.29 is 13.9 Å². The van der Waals surface area contributed by atoms with Crippen molar-refractivity contribution in [3.63, 3.8) is 0 Å². The lowest BCUT2D eigenvalue weighted by atomic mass is 10.0. The molecule has 2 aromatic heterocycles. The van der Waals surface area contributed by atoms with Crippen LogP contribution < -0.4 is 10.2 Å². The first kappa shape index (κ1) is 19.2. The van der Waals surface area contributed by atoms with Gasteiger partial charge in [0.05, 0.1) is 4.92 Å². The van der Waals surface area contributed by atoms with Crippen molar-refractivity contribution in [2.24, 2.45) is 0 Å². The van der Waals surface area contributed by atoms with Gasteiger partial charge in [-0.05, 0) is 60.1 Å². The Hall–Kier alpha value is -3.80. The van der Waals surface area contributed by atoms with Crippen LogP contribution in [0.15, 0.2) is 76.2 Å². The Morgan fingerprint density at radius 3 is 2.32 bits per heavy atom. The van der Waals surface area contributed by atoms with E-state index in [0.717, 1.165) is 41.3 Å². The highest BCUT2D eigenvalue weighted by Crippen LogP contribution is 2.28. The highest BCUT2D eigenvalue weighted by molar-refractivity contribution is 5.82. The van der Waals surface area contributed by atoms with Crippen molar-refractivity contribution in [1.82, 2.24) is 0 Å². The van der Waals surface area contributed by atoms with Crippen LogP contribution in [-0.2, 0) is 25.8 Å². The summed E-state index contributed by atoms with van der Waals surface area (Å²) in [6.07, 6.45) is 7.96. The average molecular weight is 413 g/mol. The van der Waals surface area contributed by atoms with Gasteiger partial charge in [0.15, 0.2) is 18.9 Å². The third-order valence-corrected chi connectivity index (χ3v) is 5.91. The molecule has 0 radical (unpaired) electrons. The van der Waals surface area contributed by atoms with Gasteiger partial charge >= 0.3 is 5.63 Å². The molecule has 0 saturated heterocycles. The zero-order valence-electron chi connectivity index (χ0n) is 16.9. The molecule has 0 spiro atoms. The van der Waals surface area contributed by atoms with Gasteiger partial charge in [-0.2, -0.15) is 0 Å². The van der Waals surface area contributed by atoms with Gasteiger partial charge in [0.2, 0.25) is 0 Å². The molecule has 6 nitrogen and oxygen atoms in total. The normalized spacial score (nSPS) is 12.8. The van der Waals surface area contributed by atoms with Crippen molar-refractivity contribution in [3.05, 3.63) is 115 Å². The molecule has 0 bridgehead atoms. The van der Waals surface area contributed by atoms with Gasteiger partial charge in [-0.3, -0.25) is 10.1 Å². The number of benzene rings is 2. The molecule has 1 aliphatic rings. The van der Waals surface area contributed by atoms with E-state index >= 15 is 0 Å². The summed E-state index contributed by atoms with van der Waals surface area (Å²) in [5, 5.41) is 11.8. The Kier molecular flexibility index (Phi) is 4.82. The van der Waals surface area contributed by atoms with E-state index in [1.54, 1.807) is 18.2 Å². The molecule has 5 rings (SSSR count). The largest absolute Gasteiger partial charge is 0.423 e. The van der Waals surface area contributed by atoms with Gasteiger partial charge in [-0.1, -0.05) is 12.1 Å². The van der Waals surface area contributed by atoms with Crippen LogP contribution in [0.4, 0.5) is 5.69 Å². The molecular formula is C25H21N2O4+. The first-order chi connectivity index (χ1) is 15.0. The van der Waals surface area contributed by atoms with Crippen molar-refractivity contribution in [2.45, 2.75) is 32.2 Å².